The number of halogens is 1. The van der Waals surface area contributed by atoms with E-state index >= 15 is 0 Å². The van der Waals surface area contributed by atoms with E-state index in [1.165, 1.54) is 6.08 Å². The Labute approximate surface area is 43.4 Å². The Morgan fingerprint density at radius 2 is 2.43 bits per heavy atom. The number of rotatable bonds is 2. The van der Waals surface area contributed by atoms with Crippen molar-refractivity contribution in [2.45, 2.75) is 13.3 Å². The first-order valence-corrected chi connectivity index (χ1v) is 2.25. The average molecular weight is 100 g/mol. The Balaban J connectivity index is 3.37. The van der Waals surface area contributed by atoms with Crippen LogP contribution >= 0.6 is 0 Å². The molecule has 0 unspecified atom stereocenters. The van der Waals surface area contributed by atoms with Gasteiger partial charge in [-0.15, -0.1) is 0 Å². The predicted molar refractivity (Wildman–Crippen MR) is 29.7 cm³/mol. The molecule has 0 spiro atoms. The summed E-state index contributed by atoms with van der Waals surface area (Å²) in [5.74, 6) is 0. The zero-order valence-corrected chi connectivity index (χ0v) is 4.45. The minimum Gasteiger partial charge on any atom is -0.216 e. The third-order valence-corrected chi connectivity index (χ3v) is 0.753. The highest BCUT2D eigenvalue weighted by Gasteiger charge is 1.76. The Morgan fingerprint density at radius 3 is 2.57 bits per heavy atom. The van der Waals surface area contributed by atoms with E-state index in [1.807, 2.05) is 6.92 Å². The third kappa shape index (κ3) is 3.23. The molecule has 40 valence electrons. The van der Waals surface area contributed by atoms with Gasteiger partial charge in [-0.1, -0.05) is 19.1 Å². The Bertz CT molecular complexity index is 82.2. The van der Waals surface area contributed by atoms with E-state index in [0.717, 1.165) is 12.0 Å². The second kappa shape index (κ2) is 3.59. The Hall–Kier alpha value is -0.590. The van der Waals surface area contributed by atoms with Crippen LogP contribution in [0.3, 0.4) is 0 Å². The fourth-order valence-corrected chi connectivity index (χ4v) is 0.207. The van der Waals surface area contributed by atoms with Crippen molar-refractivity contribution in [3.8, 4) is 0 Å². The van der Waals surface area contributed by atoms with E-state index in [1.54, 1.807) is 0 Å². The molecule has 0 saturated heterocycles. The van der Waals surface area contributed by atoms with Gasteiger partial charge in [-0.25, -0.2) is 4.39 Å². The maximum absolute atomic E-state index is 11.2. The lowest BCUT2D eigenvalue weighted by molar-refractivity contribution is 0.719. The summed E-state index contributed by atoms with van der Waals surface area (Å²) >= 11 is 0. The van der Waals surface area contributed by atoms with E-state index in [-0.39, 0.29) is 0 Å². The molecular formula is C6H9F. The molecule has 1 heteroatoms. The minimum absolute atomic E-state index is 0.506. The average Bonchev–Trinajstić information content (AvgIpc) is 1.68. The highest BCUT2D eigenvalue weighted by Crippen LogP contribution is 1.96. The van der Waals surface area contributed by atoms with Gasteiger partial charge >= 0.3 is 0 Å². The molecule has 0 aliphatic carbocycles. The normalized spacial score (nSPS) is 10.0. The molecule has 0 rings (SSSR count). The summed E-state index contributed by atoms with van der Waals surface area (Å²) in [6.07, 6.45) is 2.69. The molecule has 0 bridgehead atoms. The molecule has 7 heavy (non-hydrogen) atoms. The maximum atomic E-state index is 11.2. The fourth-order valence-electron chi connectivity index (χ4n) is 0.207. The van der Waals surface area contributed by atoms with Crippen molar-refractivity contribution in [3.05, 3.63) is 24.6 Å². The van der Waals surface area contributed by atoms with Gasteiger partial charge in [0.2, 0.25) is 0 Å². The van der Waals surface area contributed by atoms with Crippen molar-refractivity contribution in [2.24, 2.45) is 0 Å². The molecule has 0 amide bonds. The topological polar surface area (TPSA) is 0 Å². The van der Waals surface area contributed by atoms with Crippen LogP contribution in [0.2, 0.25) is 0 Å². The fraction of sp³-hybridized carbons (Fsp3) is 0.333. The van der Waals surface area contributed by atoms with Gasteiger partial charge in [0, 0.05) is 0 Å². The molecule has 0 N–H and O–H groups in total. The highest BCUT2D eigenvalue weighted by atomic mass is 19.1. The summed E-state index contributed by atoms with van der Waals surface area (Å²) in [5.41, 5.74) is 0.822. The van der Waals surface area contributed by atoms with Crippen LogP contribution in [-0.2, 0) is 0 Å². The molecule has 0 fully saturated rings. The van der Waals surface area contributed by atoms with Crippen molar-refractivity contribution in [3.63, 3.8) is 0 Å². The summed E-state index contributed by atoms with van der Waals surface area (Å²) in [6.45, 7) is 5.47. The molecule has 0 radical (unpaired) electrons. The van der Waals surface area contributed by atoms with Crippen molar-refractivity contribution >= 4 is 0 Å². The SMILES string of the molecule is C=C(/C=C/F)CC. The van der Waals surface area contributed by atoms with Crippen LogP contribution < -0.4 is 0 Å². The first-order chi connectivity index (χ1) is 3.31. The largest absolute Gasteiger partial charge is 0.216 e. The molecular weight excluding hydrogens is 91.1 g/mol. The molecule has 0 aromatic rings. The molecule has 0 aromatic carbocycles. The van der Waals surface area contributed by atoms with Gasteiger partial charge in [-0.3, -0.25) is 0 Å². The minimum atomic E-state index is 0.506. The van der Waals surface area contributed by atoms with Gasteiger partial charge in [0.25, 0.3) is 0 Å². The van der Waals surface area contributed by atoms with E-state index in [9.17, 15) is 4.39 Å². The van der Waals surface area contributed by atoms with E-state index in [4.69, 9.17) is 0 Å². The molecule has 0 atom stereocenters. The lowest BCUT2D eigenvalue weighted by atomic mass is 10.2. The zero-order chi connectivity index (χ0) is 5.70. The molecule has 0 aromatic heterocycles. The van der Waals surface area contributed by atoms with E-state index in [2.05, 4.69) is 6.58 Å². The molecule has 0 heterocycles. The second-order valence-electron chi connectivity index (χ2n) is 1.30. The van der Waals surface area contributed by atoms with Gasteiger partial charge in [0.1, 0.15) is 0 Å². The van der Waals surface area contributed by atoms with Gasteiger partial charge < -0.3 is 0 Å². The van der Waals surface area contributed by atoms with Crippen LogP contribution in [0.4, 0.5) is 4.39 Å². The number of hydrogen-bond donors (Lipinski definition) is 0. The summed E-state index contributed by atoms with van der Waals surface area (Å²) in [7, 11) is 0. The number of allylic oxidation sites excluding steroid dienone is 2. The first kappa shape index (κ1) is 6.41. The predicted octanol–water partition coefficient (Wildman–Crippen LogP) is 2.44. The molecule has 0 nitrogen and oxygen atoms in total. The van der Waals surface area contributed by atoms with Crippen molar-refractivity contribution in [2.75, 3.05) is 0 Å². The van der Waals surface area contributed by atoms with Crippen molar-refractivity contribution < 1.29 is 4.39 Å². The molecule has 0 aliphatic rings. The van der Waals surface area contributed by atoms with Crippen molar-refractivity contribution in [1.29, 1.82) is 0 Å². The van der Waals surface area contributed by atoms with Crippen molar-refractivity contribution in [1.82, 2.24) is 0 Å². The van der Waals surface area contributed by atoms with Gasteiger partial charge in [0.15, 0.2) is 0 Å². The zero-order valence-electron chi connectivity index (χ0n) is 4.45. The second-order valence-corrected chi connectivity index (χ2v) is 1.30. The van der Waals surface area contributed by atoms with E-state index < -0.39 is 0 Å². The third-order valence-electron chi connectivity index (χ3n) is 0.753. The smallest absolute Gasteiger partial charge is 0.0869 e. The molecule has 0 saturated carbocycles. The summed E-state index contributed by atoms with van der Waals surface area (Å²) in [5, 5.41) is 0. The van der Waals surface area contributed by atoms with Crippen LogP contribution in [0.1, 0.15) is 13.3 Å². The Kier molecular flexibility index (Phi) is 3.29. The van der Waals surface area contributed by atoms with Crippen LogP contribution in [0.15, 0.2) is 24.6 Å². The van der Waals surface area contributed by atoms with Crippen LogP contribution in [0.5, 0.6) is 0 Å². The summed E-state index contributed by atoms with van der Waals surface area (Å²) in [4.78, 5) is 0. The summed E-state index contributed by atoms with van der Waals surface area (Å²) < 4.78 is 11.2. The number of hydrogen-bond acceptors (Lipinski definition) is 0. The van der Waals surface area contributed by atoms with E-state index in [0.29, 0.717) is 6.33 Å². The van der Waals surface area contributed by atoms with Gasteiger partial charge in [0.05, 0.1) is 6.33 Å². The highest BCUT2D eigenvalue weighted by molar-refractivity contribution is 5.10. The maximum Gasteiger partial charge on any atom is 0.0869 e. The summed E-state index contributed by atoms with van der Waals surface area (Å²) in [6, 6.07) is 0. The standard InChI is InChI=1S/C6H9F/c1-3-6(2)4-5-7/h4-5H,2-3H2,1H3/b5-4+. The first-order valence-electron chi connectivity index (χ1n) is 2.25. The quantitative estimate of drug-likeness (QED) is 0.467. The lowest BCUT2D eigenvalue weighted by Gasteiger charge is -1.84. The van der Waals surface area contributed by atoms with Crippen LogP contribution in [0.25, 0.3) is 0 Å². The van der Waals surface area contributed by atoms with Crippen LogP contribution in [-0.4, -0.2) is 0 Å². The van der Waals surface area contributed by atoms with Gasteiger partial charge in [-0.05, 0) is 12.5 Å². The van der Waals surface area contributed by atoms with Gasteiger partial charge in [-0.2, -0.15) is 0 Å². The molecule has 0 aliphatic heterocycles. The van der Waals surface area contributed by atoms with Crippen LogP contribution in [0, 0.1) is 0 Å². The Morgan fingerprint density at radius 1 is 1.86 bits per heavy atom. The monoisotopic (exact) mass is 100 g/mol. The lowest BCUT2D eigenvalue weighted by Crippen LogP contribution is -1.64.